The molecule has 0 fully saturated rings. The molecule has 0 aliphatic carbocycles. The lowest BCUT2D eigenvalue weighted by atomic mass is 10.3. The van der Waals surface area contributed by atoms with Gasteiger partial charge in [0.2, 0.25) is 5.91 Å². The first-order valence-electron chi connectivity index (χ1n) is 7.29. The highest BCUT2D eigenvalue weighted by atomic mass is 16.2. The molecule has 0 aliphatic rings. The second-order valence-corrected chi connectivity index (χ2v) is 4.59. The van der Waals surface area contributed by atoms with Crippen molar-refractivity contribution in [2.24, 2.45) is 0 Å². The van der Waals surface area contributed by atoms with Crippen LogP contribution < -0.4 is 16.0 Å². The first kappa shape index (κ1) is 16.9. The molecule has 0 bridgehead atoms. The van der Waals surface area contributed by atoms with Gasteiger partial charge in [0.1, 0.15) is 5.82 Å². The van der Waals surface area contributed by atoms with E-state index in [1.807, 2.05) is 6.92 Å². The molecule has 7 nitrogen and oxygen atoms in total. The minimum absolute atomic E-state index is 0.0673. The van der Waals surface area contributed by atoms with Gasteiger partial charge in [0, 0.05) is 26.1 Å². The molecule has 0 saturated carbocycles. The molecule has 21 heavy (non-hydrogen) atoms. The molecule has 2 amide bonds. The molecule has 0 radical (unpaired) electrons. The van der Waals surface area contributed by atoms with E-state index < -0.39 is 0 Å². The zero-order valence-electron chi connectivity index (χ0n) is 12.6. The standard InChI is InChI=1S/C14H23N5O2/c1-3-8-15-12-6-5-11(18-19-12)14(21)17-10-7-13(20)16-9-4-2/h5-6H,3-4,7-10H2,1-2H3,(H,15,19)(H,16,20)(H,17,21). The minimum atomic E-state index is -0.326. The minimum Gasteiger partial charge on any atom is -0.369 e. The highest BCUT2D eigenvalue weighted by Gasteiger charge is 2.08. The van der Waals surface area contributed by atoms with E-state index in [9.17, 15) is 9.59 Å². The molecule has 0 spiro atoms. The molecule has 3 N–H and O–H groups in total. The average molecular weight is 293 g/mol. The molecule has 0 unspecified atom stereocenters. The summed E-state index contributed by atoms with van der Waals surface area (Å²) in [4.78, 5) is 23.2. The summed E-state index contributed by atoms with van der Waals surface area (Å²) in [6.07, 6.45) is 2.14. The van der Waals surface area contributed by atoms with Gasteiger partial charge in [0.05, 0.1) is 0 Å². The van der Waals surface area contributed by atoms with E-state index in [1.54, 1.807) is 12.1 Å². The van der Waals surface area contributed by atoms with Crippen LogP contribution in [0.4, 0.5) is 5.82 Å². The first-order chi connectivity index (χ1) is 10.2. The van der Waals surface area contributed by atoms with Crippen molar-refractivity contribution in [2.45, 2.75) is 33.1 Å². The van der Waals surface area contributed by atoms with E-state index in [0.29, 0.717) is 12.4 Å². The van der Waals surface area contributed by atoms with Crippen molar-refractivity contribution >= 4 is 17.6 Å². The van der Waals surface area contributed by atoms with Crippen molar-refractivity contribution in [3.8, 4) is 0 Å². The van der Waals surface area contributed by atoms with Crippen LogP contribution in [0, 0.1) is 0 Å². The Balaban J connectivity index is 2.33. The topological polar surface area (TPSA) is 96.0 Å². The van der Waals surface area contributed by atoms with Crippen LogP contribution in [-0.2, 0) is 4.79 Å². The molecule has 0 aliphatic heterocycles. The van der Waals surface area contributed by atoms with Crippen molar-refractivity contribution in [1.82, 2.24) is 20.8 Å². The maximum atomic E-state index is 11.8. The molecular formula is C14H23N5O2. The Hall–Kier alpha value is -2.18. The van der Waals surface area contributed by atoms with Gasteiger partial charge >= 0.3 is 0 Å². The fourth-order valence-electron chi connectivity index (χ4n) is 1.53. The number of nitrogens with one attached hydrogen (secondary N) is 3. The van der Waals surface area contributed by atoms with E-state index in [0.717, 1.165) is 19.4 Å². The fourth-order valence-corrected chi connectivity index (χ4v) is 1.53. The van der Waals surface area contributed by atoms with Crippen LogP contribution in [0.3, 0.4) is 0 Å². The zero-order valence-corrected chi connectivity index (χ0v) is 12.6. The Morgan fingerprint density at radius 2 is 1.76 bits per heavy atom. The molecule has 0 aromatic carbocycles. The van der Waals surface area contributed by atoms with Crippen LogP contribution in [-0.4, -0.2) is 41.6 Å². The second-order valence-electron chi connectivity index (χ2n) is 4.59. The first-order valence-corrected chi connectivity index (χ1v) is 7.29. The van der Waals surface area contributed by atoms with Gasteiger partial charge in [-0.1, -0.05) is 13.8 Å². The summed E-state index contributed by atoms with van der Waals surface area (Å²) in [5.41, 5.74) is 0.242. The SMILES string of the molecule is CCCNC(=O)CCNC(=O)c1ccc(NCCC)nn1. The van der Waals surface area contributed by atoms with Crippen LogP contribution in [0.1, 0.15) is 43.6 Å². The summed E-state index contributed by atoms with van der Waals surface area (Å²) < 4.78 is 0. The van der Waals surface area contributed by atoms with Crippen LogP contribution in [0.15, 0.2) is 12.1 Å². The molecule has 0 saturated heterocycles. The predicted molar refractivity (Wildman–Crippen MR) is 81.1 cm³/mol. The van der Waals surface area contributed by atoms with E-state index in [2.05, 4.69) is 33.1 Å². The van der Waals surface area contributed by atoms with Gasteiger partial charge in [-0.05, 0) is 25.0 Å². The molecule has 1 aromatic heterocycles. The lowest BCUT2D eigenvalue weighted by Gasteiger charge is -2.06. The number of carbonyl (C=O) groups is 2. The predicted octanol–water partition coefficient (Wildman–Crippen LogP) is 0.945. The number of nitrogens with zero attached hydrogens (tertiary/aromatic N) is 2. The van der Waals surface area contributed by atoms with E-state index in [4.69, 9.17) is 0 Å². The fraction of sp³-hybridized carbons (Fsp3) is 0.571. The molecule has 7 heteroatoms. The molecule has 0 atom stereocenters. The van der Waals surface area contributed by atoms with Crippen molar-refractivity contribution in [2.75, 3.05) is 25.0 Å². The van der Waals surface area contributed by atoms with Gasteiger partial charge in [0.25, 0.3) is 5.91 Å². The van der Waals surface area contributed by atoms with Crippen molar-refractivity contribution in [3.63, 3.8) is 0 Å². The highest BCUT2D eigenvalue weighted by Crippen LogP contribution is 2.01. The normalized spacial score (nSPS) is 10.0. The van der Waals surface area contributed by atoms with Gasteiger partial charge in [-0.15, -0.1) is 10.2 Å². The van der Waals surface area contributed by atoms with E-state index >= 15 is 0 Å². The quantitative estimate of drug-likeness (QED) is 0.630. The van der Waals surface area contributed by atoms with E-state index in [1.165, 1.54) is 0 Å². The Morgan fingerprint density at radius 3 is 2.38 bits per heavy atom. The smallest absolute Gasteiger partial charge is 0.271 e. The number of rotatable bonds is 9. The van der Waals surface area contributed by atoms with Gasteiger partial charge in [0.15, 0.2) is 5.69 Å². The van der Waals surface area contributed by atoms with Crippen LogP contribution >= 0.6 is 0 Å². The Labute approximate surface area is 124 Å². The number of hydrogen-bond acceptors (Lipinski definition) is 5. The maximum Gasteiger partial charge on any atom is 0.271 e. The van der Waals surface area contributed by atoms with Crippen LogP contribution in [0.5, 0.6) is 0 Å². The van der Waals surface area contributed by atoms with Crippen molar-refractivity contribution in [3.05, 3.63) is 17.8 Å². The molecular weight excluding hydrogens is 270 g/mol. The largest absolute Gasteiger partial charge is 0.369 e. The molecule has 1 rings (SSSR count). The molecule has 1 heterocycles. The Morgan fingerprint density at radius 1 is 1.00 bits per heavy atom. The molecule has 1 aromatic rings. The third-order valence-electron chi connectivity index (χ3n) is 2.66. The van der Waals surface area contributed by atoms with Crippen LogP contribution in [0.2, 0.25) is 0 Å². The Bertz CT molecular complexity index is 447. The third kappa shape index (κ3) is 6.69. The van der Waals surface area contributed by atoms with Gasteiger partial charge in [-0.25, -0.2) is 0 Å². The monoisotopic (exact) mass is 293 g/mol. The summed E-state index contributed by atoms with van der Waals surface area (Å²) in [6, 6.07) is 3.32. The van der Waals surface area contributed by atoms with Crippen molar-refractivity contribution in [1.29, 1.82) is 0 Å². The number of anilines is 1. The summed E-state index contributed by atoms with van der Waals surface area (Å²) >= 11 is 0. The summed E-state index contributed by atoms with van der Waals surface area (Å²) in [5.74, 6) is 0.252. The maximum absolute atomic E-state index is 11.8. The number of carbonyl (C=O) groups excluding carboxylic acids is 2. The van der Waals surface area contributed by atoms with Gasteiger partial charge in [-0.2, -0.15) is 0 Å². The van der Waals surface area contributed by atoms with Crippen molar-refractivity contribution < 1.29 is 9.59 Å². The average Bonchev–Trinajstić information content (AvgIpc) is 2.51. The Kier molecular flexibility index (Phi) is 7.78. The summed E-state index contributed by atoms with van der Waals surface area (Å²) in [6.45, 7) is 5.79. The highest BCUT2D eigenvalue weighted by molar-refractivity contribution is 5.92. The molecule has 116 valence electrons. The van der Waals surface area contributed by atoms with E-state index in [-0.39, 0.29) is 30.5 Å². The lowest BCUT2D eigenvalue weighted by molar-refractivity contribution is -0.120. The lowest BCUT2D eigenvalue weighted by Crippen LogP contribution is -2.31. The second kappa shape index (κ2) is 9.68. The summed E-state index contributed by atoms with van der Waals surface area (Å²) in [5, 5.41) is 16.2. The third-order valence-corrected chi connectivity index (χ3v) is 2.66. The number of amides is 2. The number of hydrogen-bond donors (Lipinski definition) is 3. The van der Waals surface area contributed by atoms with Crippen LogP contribution in [0.25, 0.3) is 0 Å². The summed E-state index contributed by atoms with van der Waals surface area (Å²) in [7, 11) is 0. The van der Waals surface area contributed by atoms with Gasteiger partial charge in [-0.3, -0.25) is 9.59 Å². The zero-order chi connectivity index (χ0) is 15.5. The van der Waals surface area contributed by atoms with Gasteiger partial charge < -0.3 is 16.0 Å². The number of aromatic nitrogens is 2.